The maximum atomic E-state index is 8.67. The van der Waals surface area contributed by atoms with Crippen molar-refractivity contribution >= 4 is 40.6 Å². The van der Waals surface area contributed by atoms with E-state index in [0.717, 1.165) is 11.1 Å². The van der Waals surface area contributed by atoms with Gasteiger partial charge in [0.25, 0.3) is 0 Å². The third kappa shape index (κ3) is 12.9. The third-order valence-corrected chi connectivity index (χ3v) is 29.0. The molecule has 0 fully saturated rings. The first-order valence-corrected chi connectivity index (χ1v) is 36.7. The molecule has 464 valence electrons. The van der Waals surface area contributed by atoms with Gasteiger partial charge >= 0.3 is 535 Å². The normalized spacial score (nSPS) is 17.3. The number of nitrogens with one attached hydrogen (secondary N) is 2. The number of nitrogens with zero attached hydrogens (tertiary/aromatic N) is 3. The van der Waals surface area contributed by atoms with Gasteiger partial charge in [0.2, 0.25) is 0 Å². The van der Waals surface area contributed by atoms with Crippen LogP contribution in [0, 0.1) is 69.2 Å². The first-order valence-electron chi connectivity index (χ1n) is 29.3. The Labute approximate surface area is 532 Å². The number of hydrogen-bond acceptors (Lipinski definition) is 15. The summed E-state index contributed by atoms with van der Waals surface area (Å²) in [6, 6.07) is 76.1. The zero-order valence-electron chi connectivity index (χ0n) is 51.9. The molecular formula is C70H74N5O10P5. The summed E-state index contributed by atoms with van der Waals surface area (Å²) in [4.78, 5) is 24.1. The summed E-state index contributed by atoms with van der Waals surface area (Å²) in [5.41, 5.74) is 6.74. The molecule has 2 N–H and O–H groups in total. The van der Waals surface area contributed by atoms with Gasteiger partial charge in [-0.1, -0.05) is 0 Å². The van der Waals surface area contributed by atoms with E-state index >= 15 is 0 Å². The molecule has 11 rings (SSSR count). The minimum atomic E-state index is -7.14. The number of hydrogen-bond donors (Lipinski definition) is 2. The van der Waals surface area contributed by atoms with E-state index in [1.165, 1.54) is 9.21 Å². The van der Waals surface area contributed by atoms with E-state index in [-0.39, 0.29) is 28.7 Å². The van der Waals surface area contributed by atoms with Crippen LogP contribution >= 0.6 is 40.6 Å². The van der Waals surface area contributed by atoms with Crippen LogP contribution < -0.4 is 55.6 Å². The Morgan fingerprint density at radius 1 is 0.311 bits per heavy atom. The van der Waals surface area contributed by atoms with Crippen LogP contribution in [0.1, 0.15) is 55.6 Å². The molecule has 0 spiro atoms. The predicted octanol–water partition coefficient (Wildman–Crippen LogP) is 20.7. The van der Waals surface area contributed by atoms with E-state index in [1.54, 1.807) is 0 Å². The third-order valence-electron chi connectivity index (χ3n) is 14.9. The van der Waals surface area contributed by atoms with Gasteiger partial charge in [0.15, 0.2) is 0 Å². The van der Waals surface area contributed by atoms with Crippen LogP contribution in [-0.4, -0.2) is 9.21 Å². The maximum absolute atomic E-state index is 8.67. The molecule has 0 bridgehead atoms. The van der Waals surface area contributed by atoms with Gasteiger partial charge in [0.05, 0.1) is 0 Å². The van der Waals surface area contributed by atoms with Crippen molar-refractivity contribution in [1.29, 1.82) is 0 Å². The molecule has 0 amide bonds. The quantitative estimate of drug-likeness (QED) is 0.0701. The first-order chi connectivity index (χ1) is 43.5. The van der Waals surface area contributed by atoms with Crippen molar-refractivity contribution in [2.45, 2.75) is 69.2 Å². The predicted molar refractivity (Wildman–Crippen MR) is 368 cm³/mol. The van der Waals surface area contributed by atoms with Gasteiger partial charge in [-0.05, 0) is 0 Å². The average molecular weight is 1300 g/mol. The van der Waals surface area contributed by atoms with Crippen LogP contribution in [0.2, 0.25) is 0 Å². The second-order valence-corrected chi connectivity index (χ2v) is 32.8. The summed E-state index contributed by atoms with van der Waals surface area (Å²) in [7, 11) is -19.7. The van der Waals surface area contributed by atoms with E-state index in [2.05, 4.69) is 9.72 Å². The summed E-state index contributed by atoms with van der Waals surface area (Å²) in [5, 5.41) is 0. The van der Waals surface area contributed by atoms with Crippen molar-refractivity contribution in [2.24, 2.45) is 4.52 Å². The van der Waals surface area contributed by atoms with E-state index < -0.39 is 40.6 Å². The second kappa shape index (κ2) is 26.8. The van der Waals surface area contributed by atoms with E-state index in [0.29, 0.717) is 73.3 Å². The van der Waals surface area contributed by atoms with Gasteiger partial charge in [-0.15, -0.1) is 0 Å². The Balaban J connectivity index is 1.52. The van der Waals surface area contributed by atoms with Crippen molar-refractivity contribution in [1.82, 2.24) is 18.9 Å². The molecular weight excluding hydrogens is 1230 g/mol. The summed E-state index contributed by atoms with van der Waals surface area (Å²) in [5.74, 6) is 2.84. The molecule has 1 heterocycles. The fraction of sp³-hybridized carbons (Fsp3) is 0.143. The van der Waals surface area contributed by atoms with E-state index in [4.69, 9.17) is 50.4 Å². The Hall–Kier alpha value is -8.01. The van der Waals surface area contributed by atoms with Crippen molar-refractivity contribution < 1.29 is 45.9 Å². The average Bonchev–Trinajstić information content (AvgIpc) is 0.658. The zero-order valence-corrected chi connectivity index (χ0v) is 56.5. The fourth-order valence-electron chi connectivity index (χ4n) is 9.76. The van der Waals surface area contributed by atoms with Crippen molar-refractivity contribution in [2.75, 3.05) is 0 Å². The number of aryl methyl sites for hydroxylation is 10. The molecule has 1 aliphatic rings. The van der Waals surface area contributed by atoms with Gasteiger partial charge in [-0.3, -0.25) is 0 Å². The van der Waals surface area contributed by atoms with Gasteiger partial charge in [-0.25, -0.2) is 0 Å². The van der Waals surface area contributed by atoms with Gasteiger partial charge in [0, 0.05) is 0 Å². The SMILES string of the molecule is Cc1ccccc1ON1P(Oc2ccccc2C)(Oc2ccccc2C)=NPNPNP(Oc2ccccc2C)(Oc2ccccc2C)(Oc2ccccc2C)N(Oc2ccccc2C)P1(Oc1ccccc1C)(Oc1ccccc1C)Oc1ccccc1C. The Morgan fingerprint density at radius 3 is 0.844 bits per heavy atom. The molecule has 2 unspecified atom stereocenters. The standard InChI is InChI=1S/C70H74N5O10P5/c1-51-31-11-21-41-61(51)76-74-88(78-63-43-23-13-33-53(63)3,79-64-44-24-14-34-54(64)4)72-86-71-87-73-89(80-65-45-25-15-35-55(65)5,81-66-46-26-16-36-56(66)6,82-67-47-27-17-37-57(67)7)75(77-62-42-22-12-32-52(62)2)90(74,83-68-48-28-18-38-58(68)8,84-69-49-29-19-39-59(69)9)85-70-50-30-20-40-60(70)10/h11-50,71,73,86-87H,1-10H3. The topological polar surface area (TPSA) is 135 Å². The number of benzene rings is 10. The molecule has 15 nitrogen and oxygen atoms in total. The molecule has 90 heavy (non-hydrogen) atoms. The fourth-order valence-corrected chi connectivity index (χ4v) is 26.5. The van der Waals surface area contributed by atoms with Gasteiger partial charge in [-0.2, -0.15) is 0 Å². The van der Waals surface area contributed by atoms with Crippen LogP contribution in [0.5, 0.6) is 57.5 Å². The van der Waals surface area contributed by atoms with Crippen LogP contribution in [0.3, 0.4) is 0 Å². The van der Waals surface area contributed by atoms with Crippen LogP contribution in [-0.2, 0) is 0 Å². The van der Waals surface area contributed by atoms with Crippen molar-refractivity contribution in [3.8, 4) is 57.5 Å². The second-order valence-electron chi connectivity index (χ2n) is 21.8. The first kappa shape index (κ1) is 63.6. The van der Waals surface area contributed by atoms with Crippen molar-refractivity contribution in [3.63, 3.8) is 0 Å². The summed E-state index contributed by atoms with van der Waals surface area (Å²) < 4.78 is 75.7. The minimum absolute atomic E-state index is 0.221. The Bertz CT molecular complexity index is 3990. The summed E-state index contributed by atoms with van der Waals surface area (Å²) in [6.07, 6.45) is 0. The van der Waals surface area contributed by atoms with E-state index in [9.17, 15) is 0 Å². The molecule has 0 saturated carbocycles. The van der Waals surface area contributed by atoms with Crippen LogP contribution in [0.15, 0.2) is 247 Å². The molecule has 20 heteroatoms. The van der Waals surface area contributed by atoms with Crippen molar-refractivity contribution in [3.05, 3.63) is 298 Å². The molecule has 0 radical (unpaired) electrons. The molecule has 0 aromatic heterocycles. The van der Waals surface area contributed by atoms with Crippen LogP contribution in [0.4, 0.5) is 0 Å². The van der Waals surface area contributed by atoms with Gasteiger partial charge < -0.3 is 0 Å². The Kier molecular flexibility index (Phi) is 18.9. The molecule has 2 atom stereocenters. The summed E-state index contributed by atoms with van der Waals surface area (Å²) in [6.45, 7) is 19.5. The number of para-hydroxylation sites is 10. The Morgan fingerprint density at radius 2 is 0.556 bits per heavy atom. The molecule has 0 aliphatic carbocycles. The molecule has 0 saturated heterocycles. The van der Waals surface area contributed by atoms with E-state index in [1.807, 2.05) is 312 Å². The molecule has 10 aromatic carbocycles. The number of rotatable bonds is 20. The zero-order chi connectivity index (χ0) is 63.0. The molecule has 1 aliphatic heterocycles. The summed E-state index contributed by atoms with van der Waals surface area (Å²) >= 11 is 0. The monoisotopic (exact) mass is 1300 g/mol. The van der Waals surface area contributed by atoms with Crippen LogP contribution in [0.25, 0.3) is 0 Å². The molecule has 10 aromatic rings. The van der Waals surface area contributed by atoms with Gasteiger partial charge in [0.1, 0.15) is 0 Å².